The van der Waals surface area contributed by atoms with Crippen LogP contribution < -0.4 is 16.0 Å². The molecule has 1 saturated carbocycles. The van der Waals surface area contributed by atoms with E-state index < -0.39 is 0 Å². The Balaban J connectivity index is 1.85. The third-order valence-electron chi connectivity index (χ3n) is 3.65. The van der Waals surface area contributed by atoms with Crippen LogP contribution in [0, 0.1) is 0 Å². The highest BCUT2D eigenvalue weighted by molar-refractivity contribution is 5.88. The summed E-state index contributed by atoms with van der Waals surface area (Å²) in [4.78, 5) is 15.9. The predicted octanol–water partition coefficient (Wildman–Crippen LogP) is 3.75. The van der Waals surface area contributed by atoms with Crippen molar-refractivity contribution >= 4 is 17.5 Å². The second kappa shape index (κ2) is 7.86. The molecular formula is C16H26N4O. The number of rotatable bonds is 4. The molecular weight excluding hydrogens is 264 g/mol. The SMILES string of the molecule is CC(C)NC(=O)Nc1ccc(NC2CCCCCC2)cn1. The molecule has 5 nitrogen and oxygen atoms in total. The summed E-state index contributed by atoms with van der Waals surface area (Å²) >= 11 is 0. The normalized spacial score (nSPS) is 16.3. The summed E-state index contributed by atoms with van der Waals surface area (Å²) in [5, 5.41) is 9.04. The Kier molecular flexibility index (Phi) is 5.84. The molecule has 21 heavy (non-hydrogen) atoms. The largest absolute Gasteiger partial charge is 0.381 e. The van der Waals surface area contributed by atoms with Crippen molar-refractivity contribution in [3.63, 3.8) is 0 Å². The molecule has 3 N–H and O–H groups in total. The first-order valence-corrected chi connectivity index (χ1v) is 7.93. The number of nitrogens with zero attached hydrogens (tertiary/aromatic N) is 1. The van der Waals surface area contributed by atoms with E-state index in [1.807, 2.05) is 26.0 Å². The molecule has 2 rings (SSSR count). The maximum atomic E-state index is 11.6. The van der Waals surface area contributed by atoms with Gasteiger partial charge < -0.3 is 10.6 Å². The van der Waals surface area contributed by atoms with Crippen LogP contribution in [0.2, 0.25) is 0 Å². The molecule has 1 fully saturated rings. The van der Waals surface area contributed by atoms with E-state index in [2.05, 4.69) is 20.9 Å². The number of hydrogen-bond donors (Lipinski definition) is 3. The van der Waals surface area contributed by atoms with Crippen LogP contribution in [0.1, 0.15) is 52.4 Å². The molecule has 0 atom stereocenters. The second-order valence-corrected chi connectivity index (χ2v) is 6.02. The summed E-state index contributed by atoms with van der Waals surface area (Å²) in [6.07, 6.45) is 9.57. The number of anilines is 2. The number of urea groups is 1. The fraction of sp³-hybridized carbons (Fsp3) is 0.625. The Morgan fingerprint density at radius 1 is 1.19 bits per heavy atom. The lowest BCUT2D eigenvalue weighted by atomic mass is 10.1. The highest BCUT2D eigenvalue weighted by Crippen LogP contribution is 2.21. The van der Waals surface area contributed by atoms with Crippen molar-refractivity contribution in [2.75, 3.05) is 10.6 Å². The van der Waals surface area contributed by atoms with Gasteiger partial charge in [0.05, 0.1) is 11.9 Å². The zero-order valence-corrected chi connectivity index (χ0v) is 13.0. The van der Waals surface area contributed by atoms with Gasteiger partial charge in [-0.15, -0.1) is 0 Å². The van der Waals surface area contributed by atoms with Crippen LogP contribution in [-0.2, 0) is 0 Å². The molecule has 1 aromatic rings. The smallest absolute Gasteiger partial charge is 0.320 e. The summed E-state index contributed by atoms with van der Waals surface area (Å²) in [5.74, 6) is 0.569. The summed E-state index contributed by atoms with van der Waals surface area (Å²) in [6.45, 7) is 3.85. The fourth-order valence-electron chi connectivity index (χ4n) is 2.63. The molecule has 0 spiro atoms. The first kappa shape index (κ1) is 15.6. The molecule has 0 aliphatic heterocycles. The van der Waals surface area contributed by atoms with Crippen molar-refractivity contribution in [2.24, 2.45) is 0 Å². The average Bonchev–Trinajstić information content (AvgIpc) is 2.69. The van der Waals surface area contributed by atoms with Gasteiger partial charge in [0, 0.05) is 12.1 Å². The number of aromatic nitrogens is 1. The van der Waals surface area contributed by atoms with Crippen LogP contribution in [-0.4, -0.2) is 23.1 Å². The molecule has 1 aromatic heterocycles. The van der Waals surface area contributed by atoms with E-state index in [0.717, 1.165) is 5.69 Å². The Hall–Kier alpha value is -1.78. The molecule has 0 unspecified atom stereocenters. The highest BCUT2D eigenvalue weighted by atomic mass is 16.2. The van der Waals surface area contributed by atoms with E-state index in [0.29, 0.717) is 11.9 Å². The van der Waals surface area contributed by atoms with Gasteiger partial charge in [0.25, 0.3) is 0 Å². The first-order chi connectivity index (χ1) is 10.1. The molecule has 5 heteroatoms. The van der Waals surface area contributed by atoms with Gasteiger partial charge in [-0.2, -0.15) is 0 Å². The molecule has 0 saturated heterocycles. The van der Waals surface area contributed by atoms with Gasteiger partial charge in [-0.25, -0.2) is 9.78 Å². The molecule has 0 bridgehead atoms. The molecule has 0 aromatic carbocycles. The minimum Gasteiger partial charge on any atom is -0.381 e. The average molecular weight is 290 g/mol. The van der Waals surface area contributed by atoms with Crippen LogP contribution in [0.4, 0.5) is 16.3 Å². The van der Waals surface area contributed by atoms with Crippen LogP contribution in [0.3, 0.4) is 0 Å². The van der Waals surface area contributed by atoms with Crippen LogP contribution in [0.25, 0.3) is 0 Å². The fourth-order valence-corrected chi connectivity index (χ4v) is 2.63. The predicted molar refractivity (Wildman–Crippen MR) is 86.6 cm³/mol. The van der Waals surface area contributed by atoms with Gasteiger partial charge in [-0.05, 0) is 38.8 Å². The summed E-state index contributed by atoms with van der Waals surface area (Å²) in [6, 6.07) is 4.25. The van der Waals surface area contributed by atoms with E-state index in [1.54, 1.807) is 6.20 Å². The molecule has 1 aliphatic rings. The Labute approximate surface area is 126 Å². The quantitative estimate of drug-likeness (QED) is 0.740. The number of amides is 2. The minimum absolute atomic E-state index is 0.112. The van der Waals surface area contributed by atoms with Crippen molar-refractivity contribution in [1.29, 1.82) is 0 Å². The number of nitrogens with one attached hydrogen (secondary N) is 3. The van der Waals surface area contributed by atoms with E-state index in [9.17, 15) is 4.79 Å². The van der Waals surface area contributed by atoms with E-state index in [1.165, 1.54) is 38.5 Å². The number of carbonyl (C=O) groups excluding carboxylic acids is 1. The second-order valence-electron chi connectivity index (χ2n) is 6.02. The van der Waals surface area contributed by atoms with Crippen molar-refractivity contribution in [1.82, 2.24) is 10.3 Å². The number of pyridine rings is 1. The van der Waals surface area contributed by atoms with Gasteiger partial charge in [0.2, 0.25) is 0 Å². The number of hydrogen-bond acceptors (Lipinski definition) is 3. The van der Waals surface area contributed by atoms with Crippen molar-refractivity contribution < 1.29 is 4.79 Å². The lowest BCUT2D eigenvalue weighted by Gasteiger charge is -2.17. The molecule has 0 radical (unpaired) electrons. The van der Waals surface area contributed by atoms with Crippen molar-refractivity contribution in [3.8, 4) is 0 Å². The Morgan fingerprint density at radius 3 is 2.48 bits per heavy atom. The van der Waals surface area contributed by atoms with Crippen LogP contribution in [0.5, 0.6) is 0 Å². The van der Waals surface area contributed by atoms with Crippen LogP contribution >= 0.6 is 0 Å². The van der Waals surface area contributed by atoms with E-state index in [4.69, 9.17) is 0 Å². The van der Waals surface area contributed by atoms with Crippen molar-refractivity contribution in [2.45, 2.75) is 64.5 Å². The Morgan fingerprint density at radius 2 is 1.90 bits per heavy atom. The minimum atomic E-state index is -0.220. The van der Waals surface area contributed by atoms with Crippen LogP contribution in [0.15, 0.2) is 18.3 Å². The molecule has 1 aliphatic carbocycles. The van der Waals surface area contributed by atoms with Gasteiger partial charge >= 0.3 is 6.03 Å². The first-order valence-electron chi connectivity index (χ1n) is 7.93. The van der Waals surface area contributed by atoms with E-state index in [-0.39, 0.29) is 12.1 Å². The van der Waals surface area contributed by atoms with Gasteiger partial charge in [0.1, 0.15) is 5.82 Å². The molecule has 1 heterocycles. The lowest BCUT2D eigenvalue weighted by molar-refractivity contribution is 0.250. The maximum absolute atomic E-state index is 11.6. The van der Waals surface area contributed by atoms with Gasteiger partial charge in [-0.1, -0.05) is 25.7 Å². The third-order valence-corrected chi connectivity index (χ3v) is 3.65. The zero-order valence-electron chi connectivity index (χ0n) is 13.0. The highest BCUT2D eigenvalue weighted by Gasteiger charge is 2.12. The summed E-state index contributed by atoms with van der Waals surface area (Å²) in [7, 11) is 0. The van der Waals surface area contributed by atoms with Crippen molar-refractivity contribution in [3.05, 3.63) is 18.3 Å². The molecule has 2 amide bonds. The lowest BCUT2D eigenvalue weighted by Crippen LogP contribution is -2.34. The summed E-state index contributed by atoms with van der Waals surface area (Å²) < 4.78 is 0. The maximum Gasteiger partial charge on any atom is 0.320 e. The summed E-state index contributed by atoms with van der Waals surface area (Å²) in [5.41, 5.74) is 1.02. The van der Waals surface area contributed by atoms with Gasteiger partial charge in [-0.3, -0.25) is 5.32 Å². The standard InChI is InChI=1S/C16H26N4O/c1-12(2)18-16(21)20-15-10-9-14(11-17-15)19-13-7-5-3-4-6-8-13/h9-13,19H,3-8H2,1-2H3,(H2,17,18,20,21). The van der Waals surface area contributed by atoms with E-state index >= 15 is 0 Å². The third kappa shape index (κ3) is 5.61. The van der Waals surface area contributed by atoms with Gasteiger partial charge in [0.15, 0.2) is 0 Å². The Bertz CT molecular complexity index is 436. The monoisotopic (exact) mass is 290 g/mol. The molecule has 116 valence electrons. The number of carbonyl (C=O) groups is 1. The zero-order chi connectivity index (χ0) is 15.1. The topological polar surface area (TPSA) is 66.1 Å².